The predicted octanol–water partition coefficient (Wildman–Crippen LogP) is 1.92. The van der Waals surface area contributed by atoms with Crippen molar-refractivity contribution in [1.82, 2.24) is 10.2 Å². The van der Waals surface area contributed by atoms with Gasteiger partial charge in [0.15, 0.2) is 0 Å². The molecule has 1 atom stereocenters. The number of amides is 1. The number of rotatable bonds is 3. The average molecular weight is 347 g/mol. The molecule has 0 aliphatic carbocycles. The maximum Gasteiger partial charge on any atom is 0.239 e. The van der Waals surface area contributed by atoms with Crippen molar-refractivity contribution < 1.29 is 4.79 Å². The highest BCUT2D eigenvalue weighted by Crippen LogP contribution is 2.30. The van der Waals surface area contributed by atoms with Gasteiger partial charge in [-0.05, 0) is 30.7 Å². The van der Waals surface area contributed by atoms with E-state index in [-0.39, 0.29) is 5.91 Å². The van der Waals surface area contributed by atoms with E-state index in [2.05, 4.69) is 26.1 Å². The Morgan fingerprint density at radius 3 is 2.89 bits per heavy atom. The van der Waals surface area contributed by atoms with E-state index >= 15 is 0 Å². The van der Waals surface area contributed by atoms with Gasteiger partial charge in [0, 0.05) is 29.1 Å². The van der Waals surface area contributed by atoms with Crippen LogP contribution in [0, 0.1) is 0 Å². The van der Waals surface area contributed by atoms with Crippen LogP contribution < -0.4 is 11.1 Å². The molecular formula is C13H17BrClN3O. The summed E-state index contributed by atoms with van der Waals surface area (Å²) in [4.78, 5) is 14.0. The van der Waals surface area contributed by atoms with Gasteiger partial charge >= 0.3 is 0 Å². The molecule has 6 heteroatoms. The number of hydrogen-bond acceptors (Lipinski definition) is 3. The van der Waals surface area contributed by atoms with Gasteiger partial charge in [-0.25, -0.2) is 0 Å². The zero-order valence-electron chi connectivity index (χ0n) is 10.5. The van der Waals surface area contributed by atoms with Crippen LogP contribution in [0.25, 0.3) is 0 Å². The Bertz CT molecular complexity index is 461. The fraction of sp³-hybridized carbons (Fsp3) is 0.462. The predicted molar refractivity (Wildman–Crippen MR) is 80.1 cm³/mol. The van der Waals surface area contributed by atoms with Crippen LogP contribution in [-0.2, 0) is 4.79 Å². The number of hydrogen-bond donors (Lipinski definition) is 2. The number of nitrogens with one attached hydrogen (secondary N) is 1. The van der Waals surface area contributed by atoms with Crippen molar-refractivity contribution in [3.05, 3.63) is 33.3 Å². The SMILES string of the molecule is NC(=O)C(c1ccc(Cl)cc1Br)N1CCCNCC1. The Morgan fingerprint density at radius 2 is 2.21 bits per heavy atom. The van der Waals surface area contributed by atoms with E-state index in [9.17, 15) is 4.79 Å². The minimum absolute atomic E-state index is 0.329. The zero-order chi connectivity index (χ0) is 13.8. The van der Waals surface area contributed by atoms with Crippen molar-refractivity contribution in [2.24, 2.45) is 5.73 Å². The highest BCUT2D eigenvalue weighted by molar-refractivity contribution is 9.10. The second kappa shape index (κ2) is 6.70. The lowest BCUT2D eigenvalue weighted by atomic mass is 10.0. The van der Waals surface area contributed by atoms with Crippen LogP contribution in [0.1, 0.15) is 18.0 Å². The minimum atomic E-state index is -0.411. The molecule has 0 aromatic heterocycles. The fourth-order valence-corrected chi connectivity index (χ4v) is 3.28. The van der Waals surface area contributed by atoms with Gasteiger partial charge in [-0.1, -0.05) is 33.6 Å². The van der Waals surface area contributed by atoms with Crippen molar-refractivity contribution in [2.45, 2.75) is 12.5 Å². The van der Waals surface area contributed by atoms with Gasteiger partial charge < -0.3 is 11.1 Å². The number of nitrogens with zero attached hydrogens (tertiary/aromatic N) is 1. The lowest BCUT2D eigenvalue weighted by Crippen LogP contribution is -2.40. The molecule has 3 N–H and O–H groups in total. The summed E-state index contributed by atoms with van der Waals surface area (Å²) in [5, 5.41) is 3.96. The average Bonchev–Trinajstić information content (AvgIpc) is 2.61. The van der Waals surface area contributed by atoms with Crippen molar-refractivity contribution >= 4 is 33.4 Å². The van der Waals surface area contributed by atoms with E-state index in [1.807, 2.05) is 6.07 Å². The van der Waals surface area contributed by atoms with Crippen LogP contribution in [0.3, 0.4) is 0 Å². The van der Waals surface area contributed by atoms with Crippen LogP contribution in [0.4, 0.5) is 0 Å². The van der Waals surface area contributed by atoms with Crippen molar-refractivity contribution in [3.8, 4) is 0 Å². The Labute approximate surface area is 126 Å². The smallest absolute Gasteiger partial charge is 0.239 e. The first-order valence-corrected chi connectivity index (χ1v) is 7.45. The lowest BCUT2D eigenvalue weighted by Gasteiger charge is -2.29. The summed E-state index contributed by atoms with van der Waals surface area (Å²) in [5.74, 6) is -0.329. The van der Waals surface area contributed by atoms with Crippen LogP contribution >= 0.6 is 27.5 Å². The van der Waals surface area contributed by atoms with Crippen LogP contribution in [0.2, 0.25) is 5.02 Å². The van der Waals surface area contributed by atoms with Gasteiger partial charge in [-0.3, -0.25) is 9.69 Å². The third-order valence-corrected chi connectivity index (χ3v) is 4.19. The number of carbonyl (C=O) groups excluding carboxylic acids is 1. The topological polar surface area (TPSA) is 58.4 Å². The van der Waals surface area contributed by atoms with Gasteiger partial charge in [0.05, 0.1) is 0 Å². The van der Waals surface area contributed by atoms with Gasteiger partial charge in [0.2, 0.25) is 5.91 Å². The molecule has 1 amide bonds. The molecule has 0 bridgehead atoms. The monoisotopic (exact) mass is 345 g/mol. The number of primary amides is 1. The van der Waals surface area contributed by atoms with E-state index in [0.29, 0.717) is 5.02 Å². The Hall–Kier alpha value is -0.620. The zero-order valence-corrected chi connectivity index (χ0v) is 12.9. The van der Waals surface area contributed by atoms with Gasteiger partial charge in [-0.15, -0.1) is 0 Å². The Morgan fingerprint density at radius 1 is 1.42 bits per heavy atom. The Kier molecular flexibility index (Phi) is 5.21. The van der Waals surface area contributed by atoms with E-state index in [0.717, 1.165) is 42.6 Å². The molecule has 0 spiro atoms. The van der Waals surface area contributed by atoms with Gasteiger partial charge in [-0.2, -0.15) is 0 Å². The molecule has 1 aromatic carbocycles. The summed E-state index contributed by atoms with van der Waals surface area (Å²) in [6.45, 7) is 3.51. The van der Waals surface area contributed by atoms with Gasteiger partial charge in [0.1, 0.15) is 6.04 Å². The fourth-order valence-electron chi connectivity index (χ4n) is 2.38. The Balaban J connectivity index is 2.30. The first-order valence-electron chi connectivity index (χ1n) is 6.28. The molecule has 104 valence electrons. The molecule has 0 saturated carbocycles. The number of nitrogens with two attached hydrogens (primary N) is 1. The van der Waals surface area contributed by atoms with Gasteiger partial charge in [0.25, 0.3) is 0 Å². The first kappa shape index (κ1) is 14.8. The molecule has 1 aromatic rings. The quantitative estimate of drug-likeness (QED) is 0.879. The van der Waals surface area contributed by atoms with E-state index in [1.165, 1.54) is 0 Å². The molecule has 1 fully saturated rings. The van der Waals surface area contributed by atoms with Crippen molar-refractivity contribution in [3.63, 3.8) is 0 Å². The van der Waals surface area contributed by atoms with Crippen LogP contribution in [-0.4, -0.2) is 37.0 Å². The summed E-state index contributed by atoms with van der Waals surface area (Å²) < 4.78 is 0.820. The van der Waals surface area contributed by atoms with Crippen molar-refractivity contribution in [2.75, 3.05) is 26.2 Å². The molecule has 1 unspecified atom stereocenters. The molecule has 0 radical (unpaired) electrons. The summed E-state index contributed by atoms with van der Waals surface area (Å²) >= 11 is 9.41. The molecule has 4 nitrogen and oxygen atoms in total. The summed E-state index contributed by atoms with van der Waals surface area (Å²) in [6, 6.07) is 5.03. The highest BCUT2D eigenvalue weighted by Gasteiger charge is 2.27. The molecule has 1 heterocycles. The molecular weight excluding hydrogens is 330 g/mol. The van der Waals surface area contributed by atoms with E-state index < -0.39 is 6.04 Å². The molecule has 2 rings (SSSR count). The first-order chi connectivity index (χ1) is 9.09. The highest BCUT2D eigenvalue weighted by atomic mass is 79.9. The van der Waals surface area contributed by atoms with Crippen LogP contribution in [0.15, 0.2) is 22.7 Å². The minimum Gasteiger partial charge on any atom is -0.368 e. The largest absolute Gasteiger partial charge is 0.368 e. The lowest BCUT2D eigenvalue weighted by molar-refractivity contribution is -0.123. The second-order valence-electron chi connectivity index (χ2n) is 4.61. The normalized spacial score (nSPS) is 18.8. The van der Waals surface area contributed by atoms with Crippen molar-refractivity contribution in [1.29, 1.82) is 0 Å². The molecule has 1 aliphatic heterocycles. The van der Waals surface area contributed by atoms with Crippen LogP contribution in [0.5, 0.6) is 0 Å². The number of carbonyl (C=O) groups is 1. The molecule has 1 aliphatic rings. The maximum atomic E-state index is 11.9. The molecule has 19 heavy (non-hydrogen) atoms. The second-order valence-corrected chi connectivity index (χ2v) is 5.90. The van der Waals surface area contributed by atoms with E-state index in [1.54, 1.807) is 12.1 Å². The molecule has 1 saturated heterocycles. The summed E-state index contributed by atoms with van der Waals surface area (Å²) in [5.41, 5.74) is 6.48. The number of benzene rings is 1. The van der Waals surface area contributed by atoms with E-state index in [4.69, 9.17) is 17.3 Å². The number of halogens is 2. The third kappa shape index (κ3) is 3.69. The standard InChI is InChI=1S/C13H17BrClN3O/c14-11-8-9(15)2-3-10(11)12(13(16)19)18-6-1-4-17-5-7-18/h2-3,8,12,17H,1,4-7H2,(H2,16,19). The third-order valence-electron chi connectivity index (χ3n) is 3.27. The summed E-state index contributed by atoms with van der Waals surface area (Å²) in [7, 11) is 0. The summed E-state index contributed by atoms with van der Waals surface area (Å²) in [6.07, 6.45) is 1.01. The maximum absolute atomic E-state index is 11.9.